The van der Waals surface area contributed by atoms with Crippen molar-refractivity contribution in [3.8, 4) is 0 Å². The van der Waals surface area contributed by atoms with E-state index in [9.17, 15) is 14.4 Å². The molecule has 0 aromatic carbocycles. The van der Waals surface area contributed by atoms with Crippen LogP contribution < -0.4 is 0 Å². The number of likely N-dealkylation sites (N-methyl/N-ethyl adjacent to an activating group) is 1. The van der Waals surface area contributed by atoms with Crippen LogP contribution in [0, 0.1) is 0 Å². The van der Waals surface area contributed by atoms with Crippen LogP contribution in [0.2, 0.25) is 0 Å². The van der Waals surface area contributed by atoms with Crippen LogP contribution >= 0.6 is 0 Å². The van der Waals surface area contributed by atoms with Gasteiger partial charge in [-0.05, 0) is 41.3 Å². The van der Waals surface area contributed by atoms with Gasteiger partial charge in [0, 0.05) is 23.3 Å². The SMILES string of the molecule is C=C(C)C(=O)OC.C=C(C)C(=O)OCCCCCCCCCCCCCCCCCC.C=C(C)C(=O)OCCN(C)C. The highest BCUT2D eigenvalue weighted by atomic mass is 16.5. The Morgan fingerprint density at radius 2 is 0.833 bits per heavy atom. The van der Waals surface area contributed by atoms with Crippen molar-refractivity contribution in [1.82, 2.24) is 4.90 Å². The van der Waals surface area contributed by atoms with E-state index in [1.54, 1.807) is 20.8 Å². The lowest BCUT2D eigenvalue weighted by Gasteiger charge is -2.09. The zero-order valence-electron chi connectivity index (χ0n) is 28.5. The summed E-state index contributed by atoms with van der Waals surface area (Å²) in [6, 6.07) is 0. The number of methoxy groups -OCH3 is 1. The fraction of sp³-hybridized carbons (Fsp3) is 0.743. The summed E-state index contributed by atoms with van der Waals surface area (Å²) in [5.41, 5.74) is 1.37. The van der Waals surface area contributed by atoms with E-state index in [4.69, 9.17) is 9.47 Å². The highest BCUT2D eigenvalue weighted by molar-refractivity contribution is 5.87. The summed E-state index contributed by atoms with van der Waals surface area (Å²) in [4.78, 5) is 34.1. The second kappa shape index (κ2) is 33.1. The lowest BCUT2D eigenvalue weighted by Crippen LogP contribution is -2.20. The number of ether oxygens (including phenoxy) is 3. The van der Waals surface area contributed by atoms with Gasteiger partial charge in [0.15, 0.2) is 0 Å². The Kier molecular flexibility index (Phi) is 34.7. The lowest BCUT2D eigenvalue weighted by molar-refractivity contribution is -0.140. The first-order valence-corrected chi connectivity index (χ1v) is 15.9. The van der Waals surface area contributed by atoms with Crippen LogP contribution in [0.15, 0.2) is 36.5 Å². The van der Waals surface area contributed by atoms with Crippen molar-refractivity contribution < 1.29 is 28.6 Å². The Hall–Kier alpha value is -2.41. The van der Waals surface area contributed by atoms with Crippen LogP contribution in [0.4, 0.5) is 0 Å². The highest BCUT2D eigenvalue weighted by Crippen LogP contribution is 2.13. The van der Waals surface area contributed by atoms with Crippen LogP contribution in [0.5, 0.6) is 0 Å². The number of unbranched alkanes of at least 4 members (excludes halogenated alkanes) is 15. The Bertz CT molecular complexity index is 729. The van der Waals surface area contributed by atoms with Gasteiger partial charge in [0.2, 0.25) is 0 Å². The van der Waals surface area contributed by atoms with Crippen LogP contribution in [0.25, 0.3) is 0 Å². The van der Waals surface area contributed by atoms with Crippen LogP contribution in [-0.2, 0) is 28.6 Å². The predicted octanol–water partition coefficient (Wildman–Crippen LogP) is 8.77. The fourth-order valence-corrected chi connectivity index (χ4v) is 3.56. The molecule has 0 aliphatic carbocycles. The molecule has 0 saturated carbocycles. The van der Waals surface area contributed by atoms with Crippen molar-refractivity contribution in [2.24, 2.45) is 0 Å². The number of hydrogen-bond acceptors (Lipinski definition) is 7. The molecular formula is C35H65NO6. The minimum absolute atomic E-state index is 0.254. The quantitative estimate of drug-likeness (QED) is 0.0505. The number of nitrogens with zero attached hydrogens (tertiary/aromatic N) is 1. The van der Waals surface area contributed by atoms with Crippen molar-refractivity contribution >= 4 is 17.9 Å². The molecule has 0 unspecified atom stereocenters. The van der Waals surface area contributed by atoms with Gasteiger partial charge in [-0.25, -0.2) is 14.4 Å². The van der Waals surface area contributed by atoms with Crippen molar-refractivity contribution in [2.45, 2.75) is 130 Å². The third kappa shape index (κ3) is 37.6. The maximum absolute atomic E-state index is 11.2. The summed E-state index contributed by atoms with van der Waals surface area (Å²) in [5, 5.41) is 0. The molecular weight excluding hydrogens is 530 g/mol. The lowest BCUT2D eigenvalue weighted by atomic mass is 10.0. The molecule has 0 N–H and O–H groups in total. The largest absolute Gasteiger partial charge is 0.466 e. The van der Waals surface area contributed by atoms with Crippen molar-refractivity contribution in [3.05, 3.63) is 36.5 Å². The van der Waals surface area contributed by atoms with E-state index in [0.717, 1.165) is 13.0 Å². The summed E-state index contributed by atoms with van der Waals surface area (Å²) in [6.45, 7) is 19.3. The van der Waals surface area contributed by atoms with Gasteiger partial charge in [-0.1, -0.05) is 123 Å². The maximum Gasteiger partial charge on any atom is 0.333 e. The molecule has 7 nitrogen and oxygen atoms in total. The van der Waals surface area contributed by atoms with E-state index in [0.29, 0.717) is 29.9 Å². The average molecular weight is 596 g/mol. The molecule has 0 aromatic heterocycles. The van der Waals surface area contributed by atoms with Gasteiger partial charge in [-0.3, -0.25) is 0 Å². The first-order chi connectivity index (χ1) is 19.9. The Labute approximate surface area is 259 Å². The smallest absolute Gasteiger partial charge is 0.333 e. The van der Waals surface area contributed by atoms with Gasteiger partial charge in [0.05, 0.1) is 13.7 Å². The van der Waals surface area contributed by atoms with Gasteiger partial charge in [0.1, 0.15) is 6.61 Å². The van der Waals surface area contributed by atoms with E-state index in [1.165, 1.54) is 103 Å². The number of hydrogen-bond donors (Lipinski definition) is 0. The van der Waals surface area contributed by atoms with Crippen molar-refractivity contribution in [1.29, 1.82) is 0 Å². The molecule has 0 saturated heterocycles. The monoisotopic (exact) mass is 595 g/mol. The van der Waals surface area contributed by atoms with Crippen LogP contribution in [0.1, 0.15) is 130 Å². The number of carbonyl (C=O) groups is 3. The number of esters is 3. The molecule has 0 fully saturated rings. The molecule has 246 valence electrons. The van der Waals surface area contributed by atoms with Gasteiger partial charge < -0.3 is 19.1 Å². The summed E-state index contributed by atoms with van der Waals surface area (Å²) < 4.78 is 14.2. The van der Waals surface area contributed by atoms with Gasteiger partial charge in [0.25, 0.3) is 0 Å². The fourth-order valence-electron chi connectivity index (χ4n) is 3.56. The van der Waals surface area contributed by atoms with Gasteiger partial charge >= 0.3 is 17.9 Å². The molecule has 7 heteroatoms. The van der Waals surface area contributed by atoms with E-state index < -0.39 is 0 Å². The second-order valence-corrected chi connectivity index (χ2v) is 11.2. The van der Waals surface area contributed by atoms with Crippen molar-refractivity contribution in [2.75, 3.05) is 41.0 Å². The molecule has 42 heavy (non-hydrogen) atoms. The molecule has 0 bridgehead atoms. The molecule has 0 aliphatic heterocycles. The summed E-state index contributed by atoms with van der Waals surface area (Å²) >= 11 is 0. The van der Waals surface area contributed by atoms with Gasteiger partial charge in [-0.15, -0.1) is 0 Å². The molecule has 0 spiro atoms. The topological polar surface area (TPSA) is 82.1 Å². The molecule has 0 heterocycles. The van der Waals surface area contributed by atoms with Crippen molar-refractivity contribution in [3.63, 3.8) is 0 Å². The average Bonchev–Trinajstić information content (AvgIpc) is 2.94. The third-order valence-electron chi connectivity index (χ3n) is 6.23. The van der Waals surface area contributed by atoms with E-state index in [1.807, 2.05) is 19.0 Å². The molecule has 0 aromatic rings. The highest BCUT2D eigenvalue weighted by Gasteiger charge is 2.02. The number of carbonyl (C=O) groups excluding carboxylic acids is 3. The Balaban J connectivity index is -0.000000691. The van der Waals surface area contributed by atoms with Crippen LogP contribution in [-0.4, -0.2) is 63.8 Å². The minimum atomic E-state index is -0.347. The zero-order valence-corrected chi connectivity index (χ0v) is 28.5. The summed E-state index contributed by atoms with van der Waals surface area (Å²) in [7, 11) is 5.18. The normalized spacial score (nSPS) is 10.0. The summed E-state index contributed by atoms with van der Waals surface area (Å²) in [5.74, 6) is -0.914. The second-order valence-electron chi connectivity index (χ2n) is 11.2. The first kappa shape index (κ1) is 44.0. The Morgan fingerprint density at radius 3 is 1.10 bits per heavy atom. The Morgan fingerprint density at radius 1 is 0.524 bits per heavy atom. The van der Waals surface area contributed by atoms with Crippen LogP contribution in [0.3, 0.4) is 0 Å². The zero-order chi connectivity index (χ0) is 32.6. The molecule has 0 aliphatic rings. The number of rotatable bonds is 23. The molecule has 0 atom stereocenters. The summed E-state index contributed by atoms with van der Waals surface area (Å²) in [6.07, 6.45) is 21.7. The van der Waals surface area contributed by atoms with E-state index >= 15 is 0 Å². The first-order valence-electron chi connectivity index (χ1n) is 15.9. The minimum Gasteiger partial charge on any atom is -0.466 e. The predicted molar refractivity (Wildman–Crippen MR) is 176 cm³/mol. The molecule has 0 radical (unpaired) electrons. The third-order valence-corrected chi connectivity index (χ3v) is 6.23. The van der Waals surface area contributed by atoms with Gasteiger partial charge in [-0.2, -0.15) is 0 Å². The standard InChI is InChI=1S/C22H42O2.C8H15NO2.C5H8O2/c1-4-5-6-7-8-9-10-11-12-13-14-15-16-17-18-19-20-24-22(23)21(2)3;1-7(2)8(10)11-6-5-9(3)4;1-4(2)5(6)7-3/h2,4-20H2,1,3H3;1,5-6H2,2-4H3;1H2,2-3H3. The van der Waals surface area contributed by atoms with E-state index in [-0.39, 0.29) is 17.9 Å². The molecule has 0 amide bonds. The molecule has 0 rings (SSSR count). The maximum atomic E-state index is 11.2. The van der Waals surface area contributed by atoms with E-state index in [2.05, 4.69) is 31.4 Å².